The van der Waals surface area contributed by atoms with Crippen molar-refractivity contribution < 1.29 is 19.0 Å². The molecule has 1 N–H and O–H groups in total. The lowest BCUT2D eigenvalue weighted by Gasteiger charge is -2.07. The summed E-state index contributed by atoms with van der Waals surface area (Å²) < 4.78 is 18.7. The van der Waals surface area contributed by atoms with E-state index in [9.17, 15) is 14.3 Å². The molecule has 0 amide bonds. The molecule has 2 aromatic carbocycles. The molecule has 0 unspecified atom stereocenters. The Bertz CT molecular complexity index is 635. The minimum absolute atomic E-state index is 0.0117. The third kappa shape index (κ3) is 3.08. The van der Waals surface area contributed by atoms with Gasteiger partial charge < -0.3 is 9.84 Å². The van der Waals surface area contributed by atoms with Crippen LogP contribution in [0.4, 0.5) is 4.39 Å². The molecule has 2 rings (SSSR count). The smallest absolute Gasteiger partial charge is 0.341 e. The molecule has 0 atom stereocenters. The molecule has 0 bridgehead atoms. The van der Waals surface area contributed by atoms with E-state index < -0.39 is 11.8 Å². The molecule has 20 heavy (non-hydrogen) atoms. The van der Waals surface area contributed by atoms with Crippen LogP contribution in [0.25, 0.3) is 11.1 Å². The lowest BCUT2D eigenvalue weighted by Crippen LogP contribution is -2.07. The van der Waals surface area contributed by atoms with Gasteiger partial charge in [0.15, 0.2) is 0 Å². The van der Waals surface area contributed by atoms with Gasteiger partial charge in [0.2, 0.25) is 0 Å². The Hall–Kier alpha value is -2.07. The van der Waals surface area contributed by atoms with E-state index in [-0.39, 0.29) is 17.9 Å². The number of aromatic hydroxyl groups is 1. The second kappa shape index (κ2) is 5.92. The predicted molar refractivity (Wildman–Crippen MR) is 74.5 cm³/mol. The van der Waals surface area contributed by atoms with Crippen LogP contribution in [-0.2, 0) is 4.74 Å². The van der Waals surface area contributed by atoms with E-state index in [0.29, 0.717) is 16.1 Å². The molecule has 104 valence electrons. The van der Waals surface area contributed by atoms with Crippen LogP contribution in [0.2, 0.25) is 5.02 Å². The molecule has 5 heteroatoms. The van der Waals surface area contributed by atoms with Crippen molar-refractivity contribution in [1.82, 2.24) is 0 Å². The molecule has 3 nitrogen and oxygen atoms in total. The van der Waals surface area contributed by atoms with Crippen molar-refractivity contribution in [3.05, 3.63) is 52.8 Å². The van der Waals surface area contributed by atoms with Gasteiger partial charge in [-0.1, -0.05) is 17.7 Å². The minimum Gasteiger partial charge on any atom is -0.508 e. The second-order valence-corrected chi connectivity index (χ2v) is 4.55. The maximum absolute atomic E-state index is 13.9. The molecule has 0 heterocycles. The van der Waals surface area contributed by atoms with E-state index in [2.05, 4.69) is 0 Å². The standard InChI is InChI=1S/C15H12ClFO3/c1-2-20-15(19)13-4-3-9(7-14(13)17)10-5-11(16)8-12(18)6-10/h3-8,18H,2H2,1H3. The lowest BCUT2D eigenvalue weighted by molar-refractivity contribution is 0.0521. The van der Waals surface area contributed by atoms with Crippen LogP contribution >= 0.6 is 11.6 Å². The normalized spacial score (nSPS) is 10.3. The Morgan fingerprint density at radius 3 is 2.60 bits per heavy atom. The molecular formula is C15H12ClFO3. The van der Waals surface area contributed by atoms with Crippen LogP contribution in [0.3, 0.4) is 0 Å². The van der Waals surface area contributed by atoms with Gasteiger partial charge >= 0.3 is 5.97 Å². The zero-order valence-electron chi connectivity index (χ0n) is 10.7. The van der Waals surface area contributed by atoms with E-state index in [1.165, 1.54) is 24.3 Å². The van der Waals surface area contributed by atoms with Crippen molar-refractivity contribution in [3.8, 4) is 16.9 Å². The van der Waals surface area contributed by atoms with Crippen molar-refractivity contribution in [2.24, 2.45) is 0 Å². The SMILES string of the molecule is CCOC(=O)c1ccc(-c2cc(O)cc(Cl)c2)cc1F. The number of phenols is 1. The van der Waals surface area contributed by atoms with Crippen LogP contribution in [0, 0.1) is 5.82 Å². The maximum atomic E-state index is 13.9. The quantitative estimate of drug-likeness (QED) is 0.869. The highest BCUT2D eigenvalue weighted by Gasteiger charge is 2.14. The topological polar surface area (TPSA) is 46.5 Å². The number of carbonyl (C=O) groups excluding carboxylic acids is 1. The minimum atomic E-state index is -0.703. The fourth-order valence-corrected chi connectivity index (χ4v) is 2.04. The van der Waals surface area contributed by atoms with Gasteiger partial charge in [0, 0.05) is 5.02 Å². The number of ether oxygens (including phenoxy) is 1. The van der Waals surface area contributed by atoms with Crippen LogP contribution < -0.4 is 0 Å². The molecule has 0 aliphatic rings. The molecule has 0 saturated heterocycles. The third-order valence-corrected chi connectivity index (χ3v) is 2.90. The lowest BCUT2D eigenvalue weighted by atomic mass is 10.0. The third-order valence-electron chi connectivity index (χ3n) is 2.68. The Labute approximate surface area is 120 Å². The van der Waals surface area contributed by atoms with Gasteiger partial charge in [-0.3, -0.25) is 0 Å². The zero-order valence-corrected chi connectivity index (χ0v) is 11.4. The number of benzene rings is 2. The average Bonchev–Trinajstić information content (AvgIpc) is 2.37. The van der Waals surface area contributed by atoms with Gasteiger partial charge in [0.25, 0.3) is 0 Å². The van der Waals surface area contributed by atoms with E-state index in [4.69, 9.17) is 16.3 Å². The molecule has 2 aromatic rings. The summed E-state index contributed by atoms with van der Waals surface area (Å²) in [5, 5.41) is 9.83. The summed E-state index contributed by atoms with van der Waals surface area (Å²) in [6.07, 6.45) is 0. The van der Waals surface area contributed by atoms with E-state index >= 15 is 0 Å². The summed E-state index contributed by atoms with van der Waals surface area (Å²) in [5.74, 6) is -1.40. The molecule has 0 aromatic heterocycles. The number of halogens is 2. The fraction of sp³-hybridized carbons (Fsp3) is 0.133. The van der Waals surface area contributed by atoms with Gasteiger partial charge in [-0.15, -0.1) is 0 Å². The molecule has 0 aliphatic carbocycles. The number of esters is 1. The Morgan fingerprint density at radius 1 is 1.25 bits per heavy atom. The number of hydrogen-bond acceptors (Lipinski definition) is 3. The highest BCUT2D eigenvalue weighted by molar-refractivity contribution is 6.31. The van der Waals surface area contributed by atoms with Gasteiger partial charge in [0.1, 0.15) is 11.6 Å². The number of phenolic OH excluding ortho intramolecular Hbond substituents is 1. The summed E-state index contributed by atoms with van der Waals surface area (Å²) >= 11 is 5.83. The van der Waals surface area contributed by atoms with E-state index in [1.807, 2.05) is 0 Å². The highest BCUT2D eigenvalue weighted by atomic mass is 35.5. The molecule has 0 aliphatic heterocycles. The summed E-state index contributed by atoms with van der Waals surface area (Å²) in [6, 6.07) is 8.57. The first-order valence-electron chi connectivity index (χ1n) is 5.98. The van der Waals surface area contributed by atoms with Crippen LogP contribution in [0.5, 0.6) is 5.75 Å². The Balaban J connectivity index is 2.40. The van der Waals surface area contributed by atoms with Gasteiger partial charge in [-0.05, 0) is 48.4 Å². The van der Waals surface area contributed by atoms with Crippen LogP contribution in [-0.4, -0.2) is 17.7 Å². The first-order valence-corrected chi connectivity index (χ1v) is 6.35. The van der Waals surface area contributed by atoms with E-state index in [0.717, 1.165) is 0 Å². The van der Waals surface area contributed by atoms with E-state index in [1.54, 1.807) is 19.1 Å². The second-order valence-electron chi connectivity index (χ2n) is 4.11. The van der Waals surface area contributed by atoms with Crippen LogP contribution in [0.15, 0.2) is 36.4 Å². The average molecular weight is 295 g/mol. The van der Waals surface area contributed by atoms with Crippen molar-refractivity contribution in [2.45, 2.75) is 6.92 Å². The van der Waals surface area contributed by atoms with Gasteiger partial charge in [-0.2, -0.15) is 0 Å². The number of hydrogen-bond donors (Lipinski definition) is 1. The molecule has 0 spiro atoms. The molecule has 0 fully saturated rings. The Kier molecular flexibility index (Phi) is 4.25. The fourth-order valence-electron chi connectivity index (χ4n) is 1.81. The largest absolute Gasteiger partial charge is 0.508 e. The Morgan fingerprint density at radius 2 is 2.00 bits per heavy atom. The summed E-state index contributed by atoms with van der Waals surface area (Å²) in [4.78, 5) is 11.5. The van der Waals surface area contributed by atoms with Crippen molar-refractivity contribution in [2.75, 3.05) is 6.61 Å². The molecule has 0 saturated carbocycles. The summed E-state index contributed by atoms with van der Waals surface area (Å²) in [7, 11) is 0. The van der Waals surface area contributed by atoms with Gasteiger partial charge in [-0.25, -0.2) is 9.18 Å². The van der Waals surface area contributed by atoms with Crippen molar-refractivity contribution in [3.63, 3.8) is 0 Å². The first-order chi connectivity index (χ1) is 9.51. The maximum Gasteiger partial charge on any atom is 0.341 e. The summed E-state index contributed by atoms with van der Waals surface area (Å²) in [6.45, 7) is 1.83. The van der Waals surface area contributed by atoms with Crippen LogP contribution in [0.1, 0.15) is 17.3 Å². The highest BCUT2D eigenvalue weighted by Crippen LogP contribution is 2.29. The van der Waals surface area contributed by atoms with Gasteiger partial charge in [0.05, 0.1) is 12.2 Å². The molecule has 0 radical (unpaired) electrons. The van der Waals surface area contributed by atoms with Crippen molar-refractivity contribution >= 4 is 17.6 Å². The molecular weight excluding hydrogens is 283 g/mol. The first kappa shape index (κ1) is 14.3. The zero-order chi connectivity index (χ0) is 14.7. The summed E-state index contributed by atoms with van der Waals surface area (Å²) in [5.41, 5.74) is 0.944. The van der Waals surface area contributed by atoms with Crippen molar-refractivity contribution in [1.29, 1.82) is 0 Å². The predicted octanol–water partition coefficient (Wildman–Crippen LogP) is 4.03. The monoisotopic (exact) mass is 294 g/mol. The number of rotatable bonds is 3. The number of carbonyl (C=O) groups is 1.